The molecule has 0 saturated heterocycles. The molecule has 1 aromatic heterocycles. The molecule has 0 aliphatic carbocycles. The van der Waals surface area contributed by atoms with Crippen molar-refractivity contribution in [1.82, 2.24) is 20.2 Å². The Balaban J connectivity index is 1.97. The number of carbonyl (C=O) groups is 2. The number of carbonyl (C=O) groups excluding carboxylic acids is 2. The Bertz CT molecular complexity index is 769. The Hall–Kier alpha value is -2.32. The molecule has 1 atom stereocenters. The molecule has 2 aromatic rings. The fourth-order valence-electron chi connectivity index (χ4n) is 1.99. The fraction of sp³-hybridized carbons (Fsp3) is 0.438. The summed E-state index contributed by atoms with van der Waals surface area (Å²) in [6, 6.07) is 6.04. The van der Waals surface area contributed by atoms with E-state index in [2.05, 4.69) is 15.4 Å². The molecule has 2 N–H and O–H groups in total. The second-order valence-corrected chi connectivity index (χ2v) is 6.89. The molecule has 134 valence electrons. The number of nitrogens with zero attached hydrogens (tertiary/aromatic N) is 4. The van der Waals surface area contributed by atoms with Crippen molar-refractivity contribution in [3.8, 4) is 11.4 Å². The summed E-state index contributed by atoms with van der Waals surface area (Å²) in [7, 11) is 0. The third-order valence-corrected chi connectivity index (χ3v) is 3.41. The van der Waals surface area contributed by atoms with Crippen LogP contribution in [0.25, 0.3) is 11.4 Å². The van der Waals surface area contributed by atoms with Gasteiger partial charge in [0.2, 0.25) is 5.82 Å². The molecular weight excluding hydrogens is 346 g/mol. The summed E-state index contributed by atoms with van der Waals surface area (Å²) in [4.78, 5) is 25.0. The standard InChI is InChI=1S/C16H20ClN5O3/c1-16(2,3)25-14(24)8-12(18)13(23)9-22-20-15(19-21-22)10-6-4-5-7-11(10)17/h4-7,12H,8-9,18H2,1-3H3. The third-order valence-electron chi connectivity index (χ3n) is 3.09. The minimum Gasteiger partial charge on any atom is -0.460 e. The highest BCUT2D eigenvalue weighted by molar-refractivity contribution is 6.33. The zero-order valence-electron chi connectivity index (χ0n) is 14.3. The normalized spacial score (nSPS) is 12.7. The summed E-state index contributed by atoms with van der Waals surface area (Å²) in [6.07, 6.45) is -0.206. The SMILES string of the molecule is CC(C)(C)OC(=O)CC(N)C(=O)Cn1nnc(-c2ccccc2Cl)n1. The molecule has 0 aliphatic heterocycles. The molecule has 0 spiro atoms. The second-order valence-electron chi connectivity index (χ2n) is 6.49. The van der Waals surface area contributed by atoms with Gasteiger partial charge in [-0.1, -0.05) is 23.7 Å². The average molecular weight is 366 g/mol. The Labute approximate surface area is 150 Å². The Morgan fingerprint density at radius 2 is 2.00 bits per heavy atom. The number of ketones is 1. The highest BCUT2D eigenvalue weighted by Crippen LogP contribution is 2.23. The number of tetrazole rings is 1. The molecular formula is C16H20ClN5O3. The van der Waals surface area contributed by atoms with Crippen LogP contribution in [0.15, 0.2) is 24.3 Å². The van der Waals surface area contributed by atoms with Gasteiger partial charge in [0.15, 0.2) is 5.78 Å². The van der Waals surface area contributed by atoms with Crippen LogP contribution >= 0.6 is 11.6 Å². The summed E-state index contributed by atoms with van der Waals surface area (Å²) < 4.78 is 5.15. The molecule has 9 heteroatoms. The molecule has 1 aromatic carbocycles. The highest BCUT2D eigenvalue weighted by atomic mass is 35.5. The molecule has 0 aliphatic rings. The number of Topliss-reactive ketones (excluding diaryl/α,β-unsaturated/α-hetero) is 1. The lowest BCUT2D eigenvalue weighted by Crippen LogP contribution is -2.37. The van der Waals surface area contributed by atoms with Crippen LogP contribution in [-0.4, -0.2) is 43.6 Å². The number of esters is 1. The molecule has 0 bridgehead atoms. The first-order valence-electron chi connectivity index (χ1n) is 7.68. The van der Waals surface area contributed by atoms with Crippen molar-refractivity contribution in [2.24, 2.45) is 5.73 Å². The summed E-state index contributed by atoms with van der Waals surface area (Å²) in [5.41, 5.74) is 5.75. The maximum atomic E-state index is 12.1. The Morgan fingerprint density at radius 3 is 2.64 bits per heavy atom. The highest BCUT2D eigenvalue weighted by Gasteiger charge is 2.23. The lowest BCUT2D eigenvalue weighted by Gasteiger charge is -2.20. The van der Waals surface area contributed by atoms with Gasteiger partial charge in [0.1, 0.15) is 12.1 Å². The summed E-state index contributed by atoms with van der Waals surface area (Å²) in [5.74, 6) is -0.621. The van der Waals surface area contributed by atoms with E-state index in [0.717, 1.165) is 4.80 Å². The number of ether oxygens (including phenoxy) is 1. The molecule has 2 rings (SSSR count). The largest absolute Gasteiger partial charge is 0.460 e. The van der Waals surface area contributed by atoms with Crippen molar-refractivity contribution in [3.63, 3.8) is 0 Å². The molecule has 0 saturated carbocycles. The van der Waals surface area contributed by atoms with E-state index in [-0.39, 0.29) is 13.0 Å². The van der Waals surface area contributed by atoms with E-state index in [1.807, 2.05) is 0 Å². The van der Waals surface area contributed by atoms with Crippen molar-refractivity contribution in [2.45, 2.75) is 45.4 Å². The van der Waals surface area contributed by atoms with Gasteiger partial charge in [-0.2, -0.15) is 4.80 Å². The topological polar surface area (TPSA) is 113 Å². The second kappa shape index (κ2) is 7.71. The summed E-state index contributed by atoms with van der Waals surface area (Å²) in [6.45, 7) is 5.04. The fourth-order valence-corrected chi connectivity index (χ4v) is 2.21. The van der Waals surface area contributed by atoms with Crippen LogP contribution in [0.5, 0.6) is 0 Å². The predicted octanol–water partition coefficient (Wildman–Crippen LogP) is 1.62. The summed E-state index contributed by atoms with van der Waals surface area (Å²) >= 11 is 6.08. The molecule has 8 nitrogen and oxygen atoms in total. The van der Waals surface area contributed by atoms with Gasteiger partial charge in [-0.15, -0.1) is 10.2 Å². The van der Waals surface area contributed by atoms with E-state index in [1.165, 1.54) is 0 Å². The van der Waals surface area contributed by atoms with Gasteiger partial charge in [-0.05, 0) is 38.1 Å². The number of rotatable bonds is 6. The van der Waals surface area contributed by atoms with Gasteiger partial charge in [-0.25, -0.2) is 0 Å². The van der Waals surface area contributed by atoms with Crippen molar-refractivity contribution in [1.29, 1.82) is 0 Å². The van der Waals surface area contributed by atoms with Crippen molar-refractivity contribution in [3.05, 3.63) is 29.3 Å². The van der Waals surface area contributed by atoms with Gasteiger partial charge in [0.05, 0.1) is 17.5 Å². The van der Waals surface area contributed by atoms with Crippen molar-refractivity contribution >= 4 is 23.4 Å². The minimum atomic E-state index is -0.996. The van der Waals surface area contributed by atoms with Crippen LogP contribution < -0.4 is 5.73 Å². The van der Waals surface area contributed by atoms with Gasteiger partial charge in [0, 0.05) is 5.56 Å². The molecule has 25 heavy (non-hydrogen) atoms. The predicted molar refractivity (Wildman–Crippen MR) is 91.7 cm³/mol. The van der Waals surface area contributed by atoms with Gasteiger partial charge in [-0.3, -0.25) is 9.59 Å². The van der Waals surface area contributed by atoms with Gasteiger partial charge in [0.25, 0.3) is 0 Å². The van der Waals surface area contributed by atoms with Gasteiger partial charge < -0.3 is 10.5 Å². The van der Waals surface area contributed by atoms with E-state index >= 15 is 0 Å². The monoisotopic (exact) mass is 365 g/mol. The molecule has 0 radical (unpaired) electrons. The maximum Gasteiger partial charge on any atom is 0.308 e. The van der Waals surface area contributed by atoms with Crippen LogP contribution in [0.3, 0.4) is 0 Å². The average Bonchev–Trinajstić information content (AvgIpc) is 2.93. The number of halogens is 1. The Kier molecular flexibility index (Phi) is 5.86. The van der Waals surface area contributed by atoms with E-state index in [1.54, 1.807) is 45.0 Å². The minimum absolute atomic E-state index is 0.193. The van der Waals surface area contributed by atoms with Crippen molar-refractivity contribution < 1.29 is 14.3 Å². The maximum absolute atomic E-state index is 12.1. The van der Waals surface area contributed by atoms with Crippen LogP contribution in [0.2, 0.25) is 5.02 Å². The number of nitrogens with two attached hydrogens (primary N) is 1. The van der Waals surface area contributed by atoms with Crippen LogP contribution in [0, 0.1) is 0 Å². The quantitative estimate of drug-likeness (QED) is 0.774. The molecule has 0 fully saturated rings. The first-order valence-corrected chi connectivity index (χ1v) is 8.06. The lowest BCUT2D eigenvalue weighted by atomic mass is 10.1. The summed E-state index contributed by atoms with van der Waals surface area (Å²) in [5, 5.41) is 12.3. The molecule has 0 amide bonds. The van der Waals surface area contributed by atoms with Gasteiger partial charge >= 0.3 is 5.97 Å². The first kappa shape index (κ1) is 19.0. The number of benzene rings is 1. The Morgan fingerprint density at radius 1 is 1.32 bits per heavy atom. The first-order chi connectivity index (χ1) is 11.7. The van der Waals surface area contributed by atoms with E-state index in [9.17, 15) is 9.59 Å². The van der Waals surface area contributed by atoms with Crippen molar-refractivity contribution in [2.75, 3.05) is 0 Å². The van der Waals surface area contributed by atoms with E-state index < -0.39 is 23.4 Å². The lowest BCUT2D eigenvalue weighted by molar-refractivity contribution is -0.156. The number of hydrogen-bond donors (Lipinski definition) is 1. The zero-order chi connectivity index (χ0) is 18.6. The van der Waals surface area contributed by atoms with Crippen LogP contribution in [-0.2, 0) is 20.9 Å². The molecule has 1 heterocycles. The third kappa shape index (κ3) is 5.61. The van der Waals surface area contributed by atoms with Crippen LogP contribution in [0.1, 0.15) is 27.2 Å². The zero-order valence-corrected chi connectivity index (χ0v) is 15.0. The number of aromatic nitrogens is 4. The van der Waals surface area contributed by atoms with Crippen LogP contribution in [0.4, 0.5) is 0 Å². The van der Waals surface area contributed by atoms with E-state index in [0.29, 0.717) is 16.4 Å². The smallest absolute Gasteiger partial charge is 0.308 e. The van der Waals surface area contributed by atoms with E-state index in [4.69, 9.17) is 22.1 Å². The molecule has 1 unspecified atom stereocenters. The number of hydrogen-bond acceptors (Lipinski definition) is 7.